The van der Waals surface area contributed by atoms with Crippen LogP contribution >= 0.6 is 0 Å². The van der Waals surface area contributed by atoms with E-state index >= 15 is 0 Å². The van der Waals surface area contributed by atoms with E-state index < -0.39 is 0 Å². The van der Waals surface area contributed by atoms with E-state index in [9.17, 15) is 4.79 Å². The summed E-state index contributed by atoms with van der Waals surface area (Å²) < 4.78 is 0. The average Bonchev–Trinajstić information content (AvgIpc) is 2.82. The third kappa shape index (κ3) is 2.61. The van der Waals surface area contributed by atoms with Crippen LogP contribution in [0.4, 0.5) is 0 Å². The summed E-state index contributed by atoms with van der Waals surface area (Å²) in [4.78, 5) is 15.4. The lowest BCUT2D eigenvalue weighted by molar-refractivity contribution is 0.0623. The number of carbonyl (C=O) groups is 1. The van der Waals surface area contributed by atoms with Crippen LogP contribution in [0.5, 0.6) is 0 Å². The van der Waals surface area contributed by atoms with Gasteiger partial charge in [-0.25, -0.2) is 0 Å². The van der Waals surface area contributed by atoms with Gasteiger partial charge in [-0.05, 0) is 50.4 Å². The largest absolute Gasteiger partial charge is 0.299 e. The van der Waals surface area contributed by atoms with Crippen molar-refractivity contribution in [2.45, 2.75) is 32.7 Å². The van der Waals surface area contributed by atoms with Crippen molar-refractivity contribution in [3.8, 4) is 0 Å². The predicted octanol–water partition coefficient (Wildman–Crippen LogP) is 4.02. The number of ketones is 1. The van der Waals surface area contributed by atoms with Gasteiger partial charge < -0.3 is 0 Å². The Morgan fingerprint density at radius 3 is 2.52 bits per heavy atom. The van der Waals surface area contributed by atoms with Gasteiger partial charge >= 0.3 is 0 Å². The molecule has 1 aliphatic heterocycles. The summed E-state index contributed by atoms with van der Waals surface area (Å²) in [6, 6.07) is 16.9. The molecule has 2 aromatic rings. The molecule has 1 saturated heterocycles. The fraction of sp³-hybridized carbons (Fsp3) is 0.381. The number of nitrogens with zero attached hydrogens (tertiary/aromatic N) is 1. The van der Waals surface area contributed by atoms with Gasteiger partial charge in [-0.15, -0.1) is 0 Å². The topological polar surface area (TPSA) is 20.3 Å². The van der Waals surface area contributed by atoms with Crippen LogP contribution in [0.1, 0.15) is 39.9 Å². The zero-order valence-electron chi connectivity index (χ0n) is 13.7. The highest BCUT2D eigenvalue weighted by molar-refractivity contribution is 6.05. The molecule has 118 valence electrons. The van der Waals surface area contributed by atoms with Gasteiger partial charge in [0.25, 0.3) is 0 Å². The van der Waals surface area contributed by atoms with Crippen molar-refractivity contribution in [3.63, 3.8) is 0 Å². The Morgan fingerprint density at radius 2 is 1.78 bits per heavy atom. The molecule has 1 aliphatic carbocycles. The Hall–Kier alpha value is -1.93. The minimum absolute atomic E-state index is 0.122. The van der Waals surface area contributed by atoms with Crippen molar-refractivity contribution in [3.05, 3.63) is 70.8 Å². The van der Waals surface area contributed by atoms with Crippen molar-refractivity contribution in [2.75, 3.05) is 13.1 Å². The number of Topliss-reactive ketones (excluding diaryl/α,β-unsaturated/α-hetero) is 1. The number of carbonyl (C=O) groups excluding carboxylic acids is 1. The van der Waals surface area contributed by atoms with E-state index in [0.717, 1.165) is 44.5 Å². The third-order valence-corrected chi connectivity index (χ3v) is 5.58. The third-order valence-electron chi connectivity index (χ3n) is 5.58. The van der Waals surface area contributed by atoms with Crippen molar-refractivity contribution >= 4 is 5.78 Å². The summed E-state index contributed by atoms with van der Waals surface area (Å²) in [5.41, 5.74) is 4.75. The van der Waals surface area contributed by atoms with E-state index in [-0.39, 0.29) is 5.41 Å². The van der Waals surface area contributed by atoms with Crippen LogP contribution in [0.2, 0.25) is 0 Å². The van der Waals surface area contributed by atoms with Crippen LogP contribution in [-0.4, -0.2) is 23.8 Å². The molecule has 1 spiro atoms. The van der Waals surface area contributed by atoms with E-state index in [4.69, 9.17) is 0 Å². The molecule has 0 aromatic heterocycles. The molecule has 0 amide bonds. The van der Waals surface area contributed by atoms with Crippen LogP contribution in [0.25, 0.3) is 0 Å². The van der Waals surface area contributed by atoms with Crippen molar-refractivity contribution in [1.82, 2.24) is 4.90 Å². The first-order valence-corrected chi connectivity index (χ1v) is 8.57. The maximum absolute atomic E-state index is 12.9. The summed E-state index contributed by atoms with van der Waals surface area (Å²) in [7, 11) is 0. The normalized spacial score (nSPS) is 20.0. The maximum atomic E-state index is 12.9. The zero-order chi connectivity index (χ0) is 15.9. The molecule has 2 aliphatic rings. The van der Waals surface area contributed by atoms with E-state index in [2.05, 4.69) is 54.3 Å². The van der Waals surface area contributed by atoms with Crippen LogP contribution < -0.4 is 0 Å². The highest BCUT2D eigenvalue weighted by Crippen LogP contribution is 2.44. The molecular weight excluding hydrogens is 282 g/mol. The van der Waals surface area contributed by atoms with Gasteiger partial charge in [0, 0.05) is 17.5 Å². The Morgan fingerprint density at radius 1 is 1.04 bits per heavy atom. The van der Waals surface area contributed by atoms with Crippen molar-refractivity contribution in [2.24, 2.45) is 5.41 Å². The number of aryl methyl sites for hydroxylation is 1. The standard InChI is InChI=1S/C21H23NO/c1-16-7-8-19-18(13-16)14-21(20(19)23)9-11-22(12-10-21)15-17-5-3-2-4-6-17/h2-8,13H,9-12,14-15H2,1H3. The lowest BCUT2D eigenvalue weighted by Crippen LogP contribution is -2.42. The highest BCUT2D eigenvalue weighted by Gasteiger charge is 2.46. The van der Waals surface area contributed by atoms with Gasteiger partial charge in [0.1, 0.15) is 0 Å². The first-order chi connectivity index (χ1) is 11.2. The number of hydrogen-bond acceptors (Lipinski definition) is 2. The Bertz CT molecular complexity index is 727. The summed E-state index contributed by atoms with van der Waals surface area (Å²) in [6.45, 7) is 5.15. The second-order valence-electron chi connectivity index (χ2n) is 7.21. The van der Waals surface area contributed by atoms with E-state index in [1.807, 2.05) is 6.07 Å². The summed E-state index contributed by atoms with van der Waals surface area (Å²) >= 11 is 0. The van der Waals surface area contributed by atoms with Gasteiger partial charge in [-0.2, -0.15) is 0 Å². The minimum atomic E-state index is -0.122. The molecule has 4 rings (SSSR count). The molecule has 0 bridgehead atoms. The molecule has 2 aromatic carbocycles. The van der Waals surface area contributed by atoms with E-state index in [1.54, 1.807) is 0 Å². The zero-order valence-corrected chi connectivity index (χ0v) is 13.7. The monoisotopic (exact) mass is 305 g/mol. The first kappa shape index (κ1) is 14.6. The summed E-state index contributed by atoms with van der Waals surface area (Å²) in [5, 5.41) is 0. The van der Waals surface area contributed by atoms with Crippen LogP contribution in [0.3, 0.4) is 0 Å². The first-order valence-electron chi connectivity index (χ1n) is 8.57. The molecule has 2 heteroatoms. The highest BCUT2D eigenvalue weighted by atomic mass is 16.1. The second-order valence-corrected chi connectivity index (χ2v) is 7.21. The van der Waals surface area contributed by atoms with Gasteiger partial charge in [0.05, 0.1) is 0 Å². The van der Waals surface area contributed by atoms with E-state index in [0.29, 0.717) is 5.78 Å². The molecule has 0 radical (unpaired) electrons. The molecule has 0 atom stereocenters. The molecule has 2 nitrogen and oxygen atoms in total. The van der Waals surface area contributed by atoms with Gasteiger partial charge in [0.15, 0.2) is 5.78 Å². The average molecular weight is 305 g/mol. The van der Waals surface area contributed by atoms with Crippen molar-refractivity contribution < 1.29 is 4.79 Å². The molecule has 0 N–H and O–H groups in total. The number of benzene rings is 2. The molecule has 0 saturated carbocycles. The number of hydrogen-bond donors (Lipinski definition) is 0. The molecule has 23 heavy (non-hydrogen) atoms. The molecule has 1 fully saturated rings. The Labute approximate surface area is 138 Å². The number of likely N-dealkylation sites (tertiary alicyclic amines) is 1. The Kier molecular flexibility index (Phi) is 3.57. The van der Waals surface area contributed by atoms with Gasteiger partial charge in [-0.3, -0.25) is 9.69 Å². The predicted molar refractivity (Wildman–Crippen MR) is 92.6 cm³/mol. The van der Waals surface area contributed by atoms with Gasteiger partial charge in [-0.1, -0.05) is 54.1 Å². The fourth-order valence-corrected chi connectivity index (χ4v) is 4.21. The smallest absolute Gasteiger partial charge is 0.169 e. The maximum Gasteiger partial charge on any atom is 0.169 e. The number of fused-ring (bicyclic) bond motifs is 1. The lowest BCUT2D eigenvalue weighted by atomic mass is 9.75. The van der Waals surface area contributed by atoms with Gasteiger partial charge in [0.2, 0.25) is 0 Å². The number of rotatable bonds is 2. The lowest BCUT2D eigenvalue weighted by Gasteiger charge is -2.38. The van der Waals surface area contributed by atoms with Crippen molar-refractivity contribution in [1.29, 1.82) is 0 Å². The van der Waals surface area contributed by atoms with Crippen LogP contribution in [0, 0.1) is 12.3 Å². The minimum Gasteiger partial charge on any atom is -0.299 e. The number of piperidine rings is 1. The molecule has 1 heterocycles. The second kappa shape index (κ2) is 5.61. The van der Waals surface area contributed by atoms with E-state index in [1.165, 1.54) is 16.7 Å². The SMILES string of the molecule is Cc1ccc2c(c1)CC1(CCN(Cc3ccccc3)CC1)C2=O. The molecular formula is C21H23NO. The summed E-state index contributed by atoms with van der Waals surface area (Å²) in [6.07, 6.45) is 2.93. The van der Waals surface area contributed by atoms with Crippen LogP contribution in [-0.2, 0) is 13.0 Å². The van der Waals surface area contributed by atoms with Crippen LogP contribution in [0.15, 0.2) is 48.5 Å². The quantitative estimate of drug-likeness (QED) is 0.835. The summed E-state index contributed by atoms with van der Waals surface area (Å²) in [5.74, 6) is 0.395. The fourth-order valence-electron chi connectivity index (χ4n) is 4.21. The Balaban J connectivity index is 1.47. The molecule has 0 unspecified atom stereocenters.